The molecule has 1 heterocycles. The summed E-state index contributed by atoms with van der Waals surface area (Å²) in [5.41, 5.74) is 0.947. The second-order valence-corrected chi connectivity index (χ2v) is 8.08. The van der Waals surface area contributed by atoms with Crippen LogP contribution in [0.25, 0.3) is 6.08 Å². The van der Waals surface area contributed by atoms with E-state index in [-0.39, 0.29) is 5.57 Å². The number of carbonyl (C=O) groups excluding carboxylic acids is 2. The standard InChI is InChI=1S/C24H28N2O4S/c1-4-6-7-13-30-19-11-9-17(10-12-19)14-18(16-25)22(27)26-23-21(24(28)29-3)15-20(31-23)8-5-2/h9-12,14-15H,4-8,13H2,1-3H3,(H,26,27). The molecule has 1 aromatic carbocycles. The van der Waals surface area contributed by atoms with E-state index in [2.05, 4.69) is 12.2 Å². The van der Waals surface area contributed by atoms with Crippen LogP contribution in [0.15, 0.2) is 35.9 Å². The van der Waals surface area contributed by atoms with E-state index in [4.69, 9.17) is 9.47 Å². The maximum absolute atomic E-state index is 12.7. The maximum atomic E-state index is 12.7. The Labute approximate surface area is 187 Å². The van der Waals surface area contributed by atoms with Crippen molar-refractivity contribution in [3.63, 3.8) is 0 Å². The summed E-state index contributed by atoms with van der Waals surface area (Å²) in [7, 11) is 1.29. The van der Waals surface area contributed by atoms with Gasteiger partial charge in [-0.15, -0.1) is 11.3 Å². The lowest BCUT2D eigenvalue weighted by molar-refractivity contribution is -0.112. The van der Waals surface area contributed by atoms with Crippen LogP contribution in [0, 0.1) is 11.3 Å². The van der Waals surface area contributed by atoms with Crippen LogP contribution < -0.4 is 10.1 Å². The summed E-state index contributed by atoms with van der Waals surface area (Å²) < 4.78 is 10.5. The zero-order valence-corrected chi connectivity index (χ0v) is 19.0. The van der Waals surface area contributed by atoms with Gasteiger partial charge < -0.3 is 14.8 Å². The van der Waals surface area contributed by atoms with Crippen molar-refractivity contribution in [1.82, 2.24) is 0 Å². The fourth-order valence-electron chi connectivity index (χ4n) is 2.85. The third-order valence-electron chi connectivity index (χ3n) is 4.48. The van der Waals surface area contributed by atoms with E-state index in [0.29, 0.717) is 22.7 Å². The zero-order chi connectivity index (χ0) is 22.6. The van der Waals surface area contributed by atoms with E-state index in [1.807, 2.05) is 25.1 Å². The Morgan fingerprint density at radius 2 is 1.90 bits per heavy atom. The predicted octanol–water partition coefficient (Wildman–Crippen LogP) is 5.60. The summed E-state index contributed by atoms with van der Waals surface area (Å²) >= 11 is 1.32. The molecule has 7 heteroatoms. The van der Waals surface area contributed by atoms with Crippen molar-refractivity contribution in [2.24, 2.45) is 0 Å². The molecule has 0 bridgehead atoms. The Morgan fingerprint density at radius 3 is 2.52 bits per heavy atom. The number of unbranched alkanes of at least 4 members (excludes halogenated alkanes) is 2. The number of thiophene rings is 1. The maximum Gasteiger partial charge on any atom is 0.340 e. The molecule has 0 atom stereocenters. The second-order valence-electron chi connectivity index (χ2n) is 6.95. The molecule has 0 radical (unpaired) electrons. The van der Waals surface area contributed by atoms with Crippen molar-refractivity contribution in [1.29, 1.82) is 5.26 Å². The van der Waals surface area contributed by atoms with Gasteiger partial charge in [-0.25, -0.2) is 4.79 Å². The monoisotopic (exact) mass is 440 g/mol. The molecule has 0 fully saturated rings. The Morgan fingerprint density at radius 1 is 1.16 bits per heavy atom. The quantitative estimate of drug-likeness (QED) is 0.213. The van der Waals surface area contributed by atoms with Crippen molar-refractivity contribution >= 4 is 34.3 Å². The summed E-state index contributed by atoms with van der Waals surface area (Å²) in [6.07, 6.45) is 6.48. The van der Waals surface area contributed by atoms with Crippen LogP contribution in [-0.2, 0) is 16.0 Å². The number of esters is 1. The second kappa shape index (κ2) is 12.6. The first kappa shape index (κ1) is 24.2. The molecule has 0 aliphatic rings. The molecule has 1 N–H and O–H groups in total. The lowest BCUT2D eigenvalue weighted by Crippen LogP contribution is -2.15. The van der Waals surface area contributed by atoms with Crippen molar-refractivity contribution in [3.8, 4) is 11.8 Å². The average Bonchev–Trinajstić information content (AvgIpc) is 3.17. The Bertz CT molecular complexity index is 955. The lowest BCUT2D eigenvalue weighted by atomic mass is 10.1. The summed E-state index contributed by atoms with van der Waals surface area (Å²) in [5, 5.41) is 12.6. The number of rotatable bonds is 11. The van der Waals surface area contributed by atoms with Crippen LogP contribution in [0.5, 0.6) is 5.75 Å². The normalized spacial score (nSPS) is 11.0. The number of nitriles is 1. The van der Waals surface area contributed by atoms with Gasteiger partial charge in [0.25, 0.3) is 5.91 Å². The van der Waals surface area contributed by atoms with Crippen molar-refractivity contribution in [3.05, 3.63) is 51.9 Å². The number of benzene rings is 1. The molecule has 1 aromatic heterocycles. The number of aryl methyl sites for hydroxylation is 1. The van der Waals surface area contributed by atoms with E-state index in [9.17, 15) is 14.9 Å². The van der Waals surface area contributed by atoms with E-state index in [1.54, 1.807) is 18.2 Å². The highest BCUT2D eigenvalue weighted by atomic mass is 32.1. The fourth-order valence-corrected chi connectivity index (χ4v) is 4.00. The predicted molar refractivity (Wildman–Crippen MR) is 123 cm³/mol. The van der Waals surface area contributed by atoms with Crippen LogP contribution in [0.2, 0.25) is 0 Å². The third kappa shape index (κ3) is 7.26. The molecule has 0 saturated carbocycles. The average molecular weight is 441 g/mol. The number of methoxy groups -OCH3 is 1. The number of hydrogen-bond donors (Lipinski definition) is 1. The zero-order valence-electron chi connectivity index (χ0n) is 18.2. The number of anilines is 1. The van der Waals surface area contributed by atoms with Crippen LogP contribution in [0.4, 0.5) is 5.00 Å². The number of nitrogens with zero attached hydrogens (tertiary/aromatic N) is 1. The molecular formula is C24H28N2O4S. The first-order valence-corrected chi connectivity index (χ1v) is 11.2. The Kier molecular flexibility index (Phi) is 9.79. The van der Waals surface area contributed by atoms with Crippen molar-refractivity contribution in [2.45, 2.75) is 46.0 Å². The van der Waals surface area contributed by atoms with Crippen LogP contribution in [-0.4, -0.2) is 25.6 Å². The van der Waals surface area contributed by atoms with Gasteiger partial charge in [-0.2, -0.15) is 5.26 Å². The van der Waals surface area contributed by atoms with Gasteiger partial charge in [-0.3, -0.25) is 4.79 Å². The smallest absolute Gasteiger partial charge is 0.340 e. The van der Waals surface area contributed by atoms with E-state index in [1.165, 1.54) is 24.5 Å². The first-order valence-electron chi connectivity index (χ1n) is 10.4. The van der Waals surface area contributed by atoms with Gasteiger partial charge in [-0.05, 0) is 42.7 Å². The summed E-state index contributed by atoms with van der Waals surface area (Å²) in [4.78, 5) is 25.7. The highest BCUT2D eigenvalue weighted by molar-refractivity contribution is 7.16. The summed E-state index contributed by atoms with van der Waals surface area (Å²) in [6.45, 7) is 4.84. The molecule has 1 amide bonds. The number of amides is 1. The third-order valence-corrected chi connectivity index (χ3v) is 5.59. The minimum absolute atomic E-state index is 0.0575. The molecule has 0 saturated heterocycles. The van der Waals surface area contributed by atoms with Gasteiger partial charge in [0, 0.05) is 4.88 Å². The molecule has 2 rings (SSSR count). The number of carbonyl (C=O) groups is 2. The Hall–Kier alpha value is -3.11. The molecular weight excluding hydrogens is 412 g/mol. The molecule has 0 unspecified atom stereocenters. The minimum Gasteiger partial charge on any atom is -0.494 e. The van der Waals surface area contributed by atoms with Gasteiger partial charge in [-0.1, -0.05) is 45.2 Å². The highest BCUT2D eigenvalue weighted by Crippen LogP contribution is 2.30. The largest absolute Gasteiger partial charge is 0.494 e. The molecule has 0 spiro atoms. The van der Waals surface area contributed by atoms with Crippen LogP contribution in [0.1, 0.15) is 60.3 Å². The van der Waals surface area contributed by atoms with Gasteiger partial charge >= 0.3 is 5.97 Å². The molecule has 0 aliphatic carbocycles. The first-order chi connectivity index (χ1) is 15.0. The fraction of sp³-hybridized carbons (Fsp3) is 0.375. The molecule has 31 heavy (non-hydrogen) atoms. The van der Waals surface area contributed by atoms with E-state index in [0.717, 1.165) is 42.7 Å². The number of nitrogens with one attached hydrogen (secondary N) is 1. The molecule has 0 aliphatic heterocycles. The van der Waals surface area contributed by atoms with Gasteiger partial charge in [0.1, 0.15) is 22.4 Å². The van der Waals surface area contributed by atoms with E-state index < -0.39 is 11.9 Å². The van der Waals surface area contributed by atoms with Crippen molar-refractivity contribution in [2.75, 3.05) is 19.0 Å². The van der Waals surface area contributed by atoms with E-state index >= 15 is 0 Å². The summed E-state index contributed by atoms with van der Waals surface area (Å²) in [6, 6.07) is 10.9. The number of ether oxygens (including phenoxy) is 2. The Balaban J connectivity index is 2.12. The minimum atomic E-state index is -0.572. The van der Waals surface area contributed by atoms with Gasteiger partial charge in [0.05, 0.1) is 19.3 Å². The topological polar surface area (TPSA) is 88.4 Å². The molecule has 6 nitrogen and oxygen atoms in total. The molecule has 2 aromatic rings. The van der Waals surface area contributed by atoms with Crippen LogP contribution in [0.3, 0.4) is 0 Å². The van der Waals surface area contributed by atoms with Gasteiger partial charge in [0.2, 0.25) is 0 Å². The van der Waals surface area contributed by atoms with Gasteiger partial charge in [0.15, 0.2) is 0 Å². The summed E-state index contributed by atoms with van der Waals surface area (Å²) in [5.74, 6) is -0.343. The van der Waals surface area contributed by atoms with Crippen molar-refractivity contribution < 1.29 is 19.1 Å². The number of hydrogen-bond acceptors (Lipinski definition) is 6. The SMILES string of the molecule is CCCCCOc1ccc(C=C(C#N)C(=O)Nc2sc(CCC)cc2C(=O)OC)cc1. The molecule has 164 valence electrons. The van der Waals surface area contributed by atoms with Crippen LogP contribution >= 0.6 is 11.3 Å². The lowest BCUT2D eigenvalue weighted by Gasteiger charge is -2.06. The highest BCUT2D eigenvalue weighted by Gasteiger charge is 2.20.